The summed E-state index contributed by atoms with van der Waals surface area (Å²) in [6.45, 7) is 0.0683. The highest BCUT2D eigenvalue weighted by atomic mass is 16.5. The summed E-state index contributed by atoms with van der Waals surface area (Å²) in [4.78, 5) is 24.8. The zero-order valence-electron chi connectivity index (χ0n) is 14.2. The summed E-state index contributed by atoms with van der Waals surface area (Å²) in [6.07, 6.45) is 3.30. The lowest BCUT2D eigenvalue weighted by atomic mass is 10.1. The predicted molar refractivity (Wildman–Crippen MR) is 98.2 cm³/mol. The Bertz CT molecular complexity index is 907. The second kappa shape index (κ2) is 7.98. The lowest BCUT2D eigenvalue weighted by Crippen LogP contribution is -2.21. The number of rotatable bonds is 6. The minimum absolute atomic E-state index is 0.0683. The maximum absolute atomic E-state index is 12.6. The summed E-state index contributed by atoms with van der Waals surface area (Å²) in [5, 5.41) is 9.55. The van der Waals surface area contributed by atoms with Gasteiger partial charge in [-0.2, -0.15) is 5.10 Å². The second-order valence-corrected chi connectivity index (χ2v) is 5.48. The van der Waals surface area contributed by atoms with Crippen molar-refractivity contribution in [1.82, 2.24) is 9.78 Å². The molecule has 0 atom stereocenters. The Morgan fingerprint density at radius 2 is 1.92 bits per heavy atom. The molecule has 2 aromatic carbocycles. The van der Waals surface area contributed by atoms with Gasteiger partial charge in [0.05, 0.1) is 18.4 Å². The standard InChI is InChI=1S/C19H18N4O3/c1-26-15-7-4-6-14(12-15)21-19(25)16-8-2-3-9-17(16)22-18(24)13-23-11-5-10-20-23/h2-12H,13H2,1H3,(H,21,25)(H,22,24). The van der Waals surface area contributed by atoms with Gasteiger partial charge in [0.25, 0.3) is 5.91 Å². The molecule has 0 saturated heterocycles. The van der Waals surface area contributed by atoms with Crippen molar-refractivity contribution in [1.29, 1.82) is 0 Å². The summed E-state index contributed by atoms with van der Waals surface area (Å²) in [5.74, 6) is 0.0483. The Morgan fingerprint density at radius 1 is 1.08 bits per heavy atom. The first-order valence-electron chi connectivity index (χ1n) is 7.97. The van der Waals surface area contributed by atoms with Crippen LogP contribution in [-0.2, 0) is 11.3 Å². The molecule has 0 aliphatic heterocycles. The molecular weight excluding hydrogens is 332 g/mol. The summed E-state index contributed by atoms with van der Waals surface area (Å²) in [5.41, 5.74) is 1.40. The smallest absolute Gasteiger partial charge is 0.257 e. The van der Waals surface area contributed by atoms with E-state index in [9.17, 15) is 9.59 Å². The van der Waals surface area contributed by atoms with Gasteiger partial charge in [-0.15, -0.1) is 0 Å². The summed E-state index contributed by atoms with van der Waals surface area (Å²) in [6, 6.07) is 15.6. The molecule has 0 spiro atoms. The average Bonchev–Trinajstić information content (AvgIpc) is 3.15. The van der Waals surface area contributed by atoms with E-state index in [-0.39, 0.29) is 18.4 Å². The first-order valence-corrected chi connectivity index (χ1v) is 7.97. The summed E-state index contributed by atoms with van der Waals surface area (Å²) < 4.78 is 6.66. The number of aromatic nitrogens is 2. The highest BCUT2D eigenvalue weighted by Gasteiger charge is 2.14. The van der Waals surface area contributed by atoms with Crippen LogP contribution in [0.2, 0.25) is 0 Å². The van der Waals surface area contributed by atoms with Crippen molar-refractivity contribution in [2.75, 3.05) is 17.7 Å². The largest absolute Gasteiger partial charge is 0.497 e. The fourth-order valence-corrected chi connectivity index (χ4v) is 2.42. The van der Waals surface area contributed by atoms with Crippen LogP contribution in [0.3, 0.4) is 0 Å². The number of nitrogens with one attached hydrogen (secondary N) is 2. The van der Waals surface area contributed by atoms with Crippen LogP contribution in [0, 0.1) is 0 Å². The fraction of sp³-hybridized carbons (Fsp3) is 0.105. The lowest BCUT2D eigenvalue weighted by molar-refractivity contribution is -0.116. The third kappa shape index (κ3) is 4.27. The van der Waals surface area contributed by atoms with Gasteiger partial charge in [-0.25, -0.2) is 0 Å². The Kier molecular flexibility index (Phi) is 5.28. The number of nitrogens with zero attached hydrogens (tertiary/aromatic N) is 2. The number of carbonyl (C=O) groups is 2. The molecule has 3 aromatic rings. The number of ether oxygens (including phenoxy) is 1. The molecule has 0 unspecified atom stereocenters. The summed E-state index contributed by atoms with van der Waals surface area (Å²) in [7, 11) is 1.56. The van der Waals surface area contributed by atoms with Crippen LogP contribution in [-0.4, -0.2) is 28.7 Å². The number of hydrogen-bond donors (Lipinski definition) is 2. The predicted octanol–water partition coefficient (Wildman–Crippen LogP) is 2.78. The molecule has 26 heavy (non-hydrogen) atoms. The van der Waals surface area contributed by atoms with Crippen LogP contribution >= 0.6 is 0 Å². The molecule has 7 heteroatoms. The molecule has 7 nitrogen and oxygen atoms in total. The maximum atomic E-state index is 12.6. The molecule has 1 heterocycles. The van der Waals surface area contributed by atoms with Crippen LogP contribution in [0.15, 0.2) is 67.0 Å². The van der Waals surface area contributed by atoms with E-state index in [4.69, 9.17) is 4.74 Å². The molecule has 0 fully saturated rings. The minimum Gasteiger partial charge on any atom is -0.497 e. The number of methoxy groups -OCH3 is 1. The molecule has 0 radical (unpaired) electrons. The van der Waals surface area contributed by atoms with Gasteiger partial charge >= 0.3 is 0 Å². The number of amides is 2. The highest BCUT2D eigenvalue weighted by Crippen LogP contribution is 2.20. The van der Waals surface area contributed by atoms with Crippen LogP contribution in [0.1, 0.15) is 10.4 Å². The van der Waals surface area contributed by atoms with Gasteiger partial charge in [0.2, 0.25) is 5.91 Å². The molecule has 0 bridgehead atoms. The fourth-order valence-electron chi connectivity index (χ4n) is 2.42. The van der Waals surface area contributed by atoms with Crippen LogP contribution < -0.4 is 15.4 Å². The third-order valence-corrected chi connectivity index (χ3v) is 3.64. The van der Waals surface area contributed by atoms with Gasteiger partial charge in [0, 0.05) is 24.1 Å². The van der Waals surface area contributed by atoms with Gasteiger partial charge < -0.3 is 15.4 Å². The molecular formula is C19H18N4O3. The molecule has 0 aliphatic carbocycles. The first kappa shape index (κ1) is 17.2. The van der Waals surface area contributed by atoms with E-state index in [2.05, 4.69) is 15.7 Å². The SMILES string of the molecule is COc1cccc(NC(=O)c2ccccc2NC(=O)Cn2cccn2)c1. The van der Waals surface area contributed by atoms with E-state index >= 15 is 0 Å². The first-order chi connectivity index (χ1) is 12.7. The monoisotopic (exact) mass is 350 g/mol. The second-order valence-electron chi connectivity index (χ2n) is 5.48. The van der Waals surface area contributed by atoms with E-state index in [0.29, 0.717) is 22.7 Å². The summed E-state index contributed by atoms with van der Waals surface area (Å²) >= 11 is 0. The zero-order chi connectivity index (χ0) is 18.4. The number of hydrogen-bond acceptors (Lipinski definition) is 4. The zero-order valence-corrected chi connectivity index (χ0v) is 14.2. The molecule has 0 aliphatic rings. The van der Waals surface area contributed by atoms with Crippen LogP contribution in [0.4, 0.5) is 11.4 Å². The Balaban J connectivity index is 1.73. The van der Waals surface area contributed by atoms with E-state index < -0.39 is 0 Å². The normalized spacial score (nSPS) is 10.2. The van der Waals surface area contributed by atoms with Crippen molar-refractivity contribution in [2.45, 2.75) is 6.54 Å². The van der Waals surface area contributed by atoms with Crippen molar-refractivity contribution in [2.24, 2.45) is 0 Å². The van der Waals surface area contributed by atoms with Crippen molar-refractivity contribution in [3.05, 3.63) is 72.6 Å². The quantitative estimate of drug-likeness (QED) is 0.716. The van der Waals surface area contributed by atoms with Gasteiger partial charge in [0.15, 0.2) is 0 Å². The van der Waals surface area contributed by atoms with Gasteiger partial charge in [0.1, 0.15) is 12.3 Å². The van der Waals surface area contributed by atoms with Gasteiger partial charge in [-0.05, 0) is 30.3 Å². The number of para-hydroxylation sites is 1. The average molecular weight is 350 g/mol. The van der Waals surface area contributed by atoms with Crippen molar-refractivity contribution in [3.8, 4) is 5.75 Å². The van der Waals surface area contributed by atoms with Gasteiger partial charge in [-0.3, -0.25) is 14.3 Å². The molecule has 0 saturated carbocycles. The molecule has 3 rings (SSSR count). The van der Waals surface area contributed by atoms with E-state index in [1.807, 2.05) is 0 Å². The van der Waals surface area contributed by atoms with Crippen molar-refractivity contribution < 1.29 is 14.3 Å². The Morgan fingerprint density at radius 3 is 2.69 bits per heavy atom. The molecule has 2 N–H and O–H groups in total. The van der Waals surface area contributed by atoms with Crippen LogP contribution in [0.25, 0.3) is 0 Å². The number of carbonyl (C=O) groups excluding carboxylic acids is 2. The highest BCUT2D eigenvalue weighted by molar-refractivity contribution is 6.10. The number of benzene rings is 2. The van der Waals surface area contributed by atoms with Crippen LogP contribution in [0.5, 0.6) is 5.75 Å². The number of anilines is 2. The maximum Gasteiger partial charge on any atom is 0.257 e. The Labute approximate surface area is 150 Å². The van der Waals surface area contributed by atoms with E-state index in [1.165, 1.54) is 4.68 Å². The van der Waals surface area contributed by atoms with E-state index in [0.717, 1.165) is 0 Å². The minimum atomic E-state index is -0.326. The Hall–Kier alpha value is -3.61. The topological polar surface area (TPSA) is 85.3 Å². The molecule has 1 aromatic heterocycles. The van der Waals surface area contributed by atoms with Crippen molar-refractivity contribution >= 4 is 23.2 Å². The van der Waals surface area contributed by atoms with Gasteiger partial charge in [-0.1, -0.05) is 18.2 Å². The molecule has 2 amide bonds. The van der Waals surface area contributed by atoms with Crippen molar-refractivity contribution in [3.63, 3.8) is 0 Å². The van der Waals surface area contributed by atoms with E-state index in [1.54, 1.807) is 74.1 Å². The molecule has 132 valence electrons. The lowest BCUT2D eigenvalue weighted by Gasteiger charge is -2.12. The third-order valence-electron chi connectivity index (χ3n) is 3.64.